The van der Waals surface area contributed by atoms with Gasteiger partial charge in [-0.2, -0.15) is 0 Å². The van der Waals surface area contributed by atoms with Crippen LogP contribution >= 0.6 is 0 Å². The van der Waals surface area contributed by atoms with E-state index in [1.165, 1.54) is 0 Å². The summed E-state index contributed by atoms with van der Waals surface area (Å²) in [4.78, 5) is 31.3. The number of amides is 2. The molecule has 7 heteroatoms. The quantitative estimate of drug-likeness (QED) is 0.730. The maximum atomic E-state index is 13.0. The van der Waals surface area contributed by atoms with Crippen molar-refractivity contribution >= 4 is 17.5 Å². The molecule has 3 rings (SSSR count). The summed E-state index contributed by atoms with van der Waals surface area (Å²) in [7, 11) is 7.13. The van der Waals surface area contributed by atoms with Gasteiger partial charge in [0.1, 0.15) is 12.3 Å². The lowest BCUT2D eigenvalue weighted by molar-refractivity contribution is -0.132. The van der Waals surface area contributed by atoms with Crippen LogP contribution < -0.4 is 9.64 Å². The number of hydrogen-bond donors (Lipinski definition) is 0. The van der Waals surface area contributed by atoms with E-state index in [9.17, 15) is 9.59 Å². The van der Waals surface area contributed by atoms with Crippen LogP contribution in [0.3, 0.4) is 0 Å². The Morgan fingerprint density at radius 1 is 1.03 bits per heavy atom. The number of ether oxygens (including phenoxy) is 2. The summed E-state index contributed by atoms with van der Waals surface area (Å²) in [6, 6.07) is 15.0. The van der Waals surface area contributed by atoms with Crippen LogP contribution in [0.1, 0.15) is 15.9 Å². The predicted molar refractivity (Wildman–Crippen MR) is 116 cm³/mol. The molecule has 0 radical (unpaired) electrons. The number of nitrogens with zero attached hydrogens (tertiary/aromatic N) is 3. The van der Waals surface area contributed by atoms with Crippen LogP contribution in [0, 0.1) is 0 Å². The summed E-state index contributed by atoms with van der Waals surface area (Å²) in [6.45, 7) is 1.30. The smallest absolute Gasteiger partial charge is 0.254 e. The van der Waals surface area contributed by atoms with Crippen molar-refractivity contribution in [2.75, 3.05) is 52.8 Å². The lowest BCUT2D eigenvalue weighted by Crippen LogP contribution is -2.39. The van der Waals surface area contributed by atoms with Gasteiger partial charge in [-0.25, -0.2) is 0 Å². The molecule has 1 atom stereocenters. The minimum atomic E-state index is -0.250. The molecule has 7 nitrogen and oxygen atoms in total. The van der Waals surface area contributed by atoms with E-state index in [1.54, 1.807) is 36.2 Å². The third-order valence-electron chi connectivity index (χ3n) is 5.31. The summed E-state index contributed by atoms with van der Waals surface area (Å²) in [5, 5.41) is 0. The minimum Gasteiger partial charge on any atom is -0.497 e. The highest BCUT2D eigenvalue weighted by atomic mass is 16.5. The summed E-state index contributed by atoms with van der Waals surface area (Å²) < 4.78 is 10.8. The zero-order valence-corrected chi connectivity index (χ0v) is 18.0. The van der Waals surface area contributed by atoms with Gasteiger partial charge in [-0.3, -0.25) is 9.59 Å². The summed E-state index contributed by atoms with van der Waals surface area (Å²) in [5.41, 5.74) is 2.57. The predicted octanol–water partition coefficient (Wildman–Crippen LogP) is 2.26. The highest BCUT2D eigenvalue weighted by Gasteiger charge is 2.31. The lowest BCUT2D eigenvalue weighted by atomic mass is 10.1. The topological polar surface area (TPSA) is 62.3 Å². The van der Waals surface area contributed by atoms with E-state index < -0.39 is 0 Å². The monoisotopic (exact) mass is 411 g/mol. The normalized spacial score (nSPS) is 16.9. The number of methoxy groups -OCH3 is 2. The Morgan fingerprint density at radius 3 is 2.27 bits per heavy atom. The highest BCUT2D eigenvalue weighted by Crippen LogP contribution is 2.18. The van der Waals surface area contributed by atoms with Gasteiger partial charge in [-0.05, 0) is 42.0 Å². The van der Waals surface area contributed by atoms with Crippen LogP contribution in [0.5, 0.6) is 5.75 Å². The van der Waals surface area contributed by atoms with Crippen molar-refractivity contribution in [3.63, 3.8) is 0 Å². The van der Waals surface area contributed by atoms with E-state index in [1.807, 2.05) is 55.4 Å². The standard InChI is InChI=1S/C23H29N3O4/c1-24(2)19-9-7-18(8-10-19)23(28)26-15-21(30-4)14-25(22(27)16-26)13-17-5-11-20(29-3)12-6-17/h5-12,21H,13-16H2,1-4H3. The molecule has 0 bridgehead atoms. The Kier molecular flexibility index (Phi) is 6.95. The number of anilines is 1. The molecule has 160 valence electrons. The van der Waals surface area contributed by atoms with Crippen molar-refractivity contribution in [2.24, 2.45) is 0 Å². The van der Waals surface area contributed by atoms with Gasteiger partial charge >= 0.3 is 0 Å². The molecule has 0 spiro atoms. The fourth-order valence-electron chi connectivity index (χ4n) is 3.47. The molecule has 1 heterocycles. The maximum Gasteiger partial charge on any atom is 0.254 e. The van der Waals surface area contributed by atoms with Gasteiger partial charge in [0.15, 0.2) is 0 Å². The Labute approximate surface area is 177 Å². The lowest BCUT2D eigenvalue weighted by Gasteiger charge is -2.23. The summed E-state index contributed by atoms with van der Waals surface area (Å²) in [5.74, 6) is 0.512. The molecule has 1 aliphatic rings. The Balaban J connectivity index is 1.73. The van der Waals surface area contributed by atoms with Crippen molar-refractivity contribution in [1.29, 1.82) is 0 Å². The average Bonchev–Trinajstić information content (AvgIpc) is 2.92. The first-order chi connectivity index (χ1) is 14.4. The van der Waals surface area contributed by atoms with Gasteiger partial charge in [0, 0.05) is 52.1 Å². The SMILES string of the molecule is COc1ccc(CN2CC(OC)CN(C(=O)c3ccc(N(C)C)cc3)CC2=O)cc1. The number of carbonyl (C=O) groups excluding carboxylic acids is 2. The van der Waals surface area contributed by atoms with E-state index in [2.05, 4.69) is 0 Å². The van der Waals surface area contributed by atoms with Gasteiger partial charge in [0.05, 0.1) is 13.2 Å². The van der Waals surface area contributed by atoms with Crippen molar-refractivity contribution in [3.05, 3.63) is 59.7 Å². The molecule has 0 N–H and O–H groups in total. The van der Waals surface area contributed by atoms with Crippen molar-refractivity contribution < 1.29 is 19.1 Å². The van der Waals surface area contributed by atoms with Gasteiger partial charge in [-0.15, -0.1) is 0 Å². The summed E-state index contributed by atoms with van der Waals surface area (Å²) in [6.07, 6.45) is -0.250. The third-order valence-corrected chi connectivity index (χ3v) is 5.31. The van der Waals surface area contributed by atoms with Crippen LogP contribution in [0.15, 0.2) is 48.5 Å². The molecule has 1 aliphatic heterocycles. The molecule has 30 heavy (non-hydrogen) atoms. The van der Waals surface area contributed by atoms with E-state index in [4.69, 9.17) is 9.47 Å². The van der Waals surface area contributed by atoms with Crippen LogP contribution in [0.4, 0.5) is 5.69 Å². The molecule has 2 amide bonds. The van der Waals surface area contributed by atoms with E-state index in [-0.39, 0.29) is 24.5 Å². The zero-order valence-electron chi connectivity index (χ0n) is 18.0. The molecular weight excluding hydrogens is 382 g/mol. The fraction of sp³-hybridized carbons (Fsp3) is 0.391. The van der Waals surface area contributed by atoms with E-state index in [0.717, 1.165) is 17.0 Å². The molecular formula is C23H29N3O4. The molecule has 0 aromatic heterocycles. The van der Waals surface area contributed by atoms with Gasteiger partial charge in [-0.1, -0.05) is 12.1 Å². The highest BCUT2D eigenvalue weighted by molar-refractivity contribution is 5.97. The van der Waals surface area contributed by atoms with Crippen molar-refractivity contribution in [2.45, 2.75) is 12.6 Å². The second-order valence-corrected chi connectivity index (χ2v) is 7.61. The summed E-state index contributed by atoms with van der Waals surface area (Å²) >= 11 is 0. The van der Waals surface area contributed by atoms with E-state index >= 15 is 0 Å². The first kappa shape index (κ1) is 21.6. The second-order valence-electron chi connectivity index (χ2n) is 7.61. The molecule has 0 aliphatic carbocycles. The van der Waals surface area contributed by atoms with E-state index in [0.29, 0.717) is 25.2 Å². The molecule has 1 saturated heterocycles. The largest absolute Gasteiger partial charge is 0.497 e. The van der Waals surface area contributed by atoms with Crippen molar-refractivity contribution in [1.82, 2.24) is 9.80 Å². The second kappa shape index (κ2) is 9.63. The number of benzene rings is 2. The van der Waals surface area contributed by atoms with Crippen LogP contribution in [0.25, 0.3) is 0 Å². The average molecular weight is 412 g/mol. The third kappa shape index (κ3) is 5.10. The van der Waals surface area contributed by atoms with Crippen LogP contribution in [-0.4, -0.2) is 75.7 Å². The fourth-order valence-corrected chi connectivity index (χ4v) is 3.47. The first-order valence-electron chi connectivity index (χ1n) is 9.91. The Hall–Kier alpha value is -3.06. The van der Waals surface area contributed by atoms with Gasteiger partial charge in [0.2, 0.25) is 5.91 Å². The van der Waals surface area contributed by atoms with Crippen LogP contribution in [0.2, 0.25) is 0 Å². The number of hydrogen-bond acceptors (Lipinski definition) is 5. The zero-order chi connectivity index (χ0) is 21.7. The van der Waals surface area contributed by atoms with Gasteiger partial charge in [0.25, 0.3) is 5.91 Å². The Morgan fingerprint density at radius 2 is 1.70 bits per heavy atom. The van der Waals surface area contributed by atoms with Crippen LogP contribution in [-0.2, 0) is 16.1 Å². The van der Waals surface area contributed by atoms with Crippen molar-refractivity contribution in [3.8, 4) is 5.75 Å². The first-order valence-corrected chi connectivity index (χ1v) is 9.91. The molecule has 1 fully saturated rings. The Bertz CT molecular complexity index is 865. The maximum absolute atomic E-state index is 13.0. The minimum absolute atomic E-state index is 0.0320. The van der Waals surface area contributed by atoms with Gasteiger partial charge < -0.3 is 24.2 Å². The molecule has 2 aromatic rings. The molecule has 0 saturated carbocycles. The number of carbonyl (C=O) groups is 2. The number of rotatable bonds is 6. The molecule has 2 aromatic carbocycles. The molecule has 1 unspecified atom stereocenters.